The minimum atomic E-state index is -0.818. The number of aliphatic carboxylic acids is 1. The molecule has 18 heavy (non-hydrogen) atoms. The third-order valence-electron chi connectivity index (χ3n) is 3.29. The first-order chi connectivity index (χ1) is 8.56. The Morgan fingerprint density at radius 1 is 1.33 bits per heavy atom. The van der Waals surface area contributed by atoms with Crippen LogP contribution in [0.2, 0.25) is 0 Å². The first kappa shape index (κ1) is 14.5. The first-order valence-corrected chi connectivity index (χ1v) is 6.27. The highest BCUT2D eigenvalue weighted by molar-refractivity contribution is 5.70. The lowest BCUT2D eigenvalue weighted by Crippen LogP contribution is -2.26. The number of rotatable bonds is 7. The second kappa shape index (κ2) is 7.01. The fourth-order valence-corrected chi connectivity index (χ4v) is 2.06. The van der Waals surface area contributed by atoms with Gasteiger partial charge in [0.1, 0.15) is 5.75 Å². The second-order valence-electron chi connectivity index (χ2n) is 4.65. The van der Waals surface area contributed by atoms with Crippen molar-refractivity contribution in [2.75, 3.05) is 6.54 Å². The average Bonchev–Trinajstić information content (AvgIpc) is 2.36. The Kier molecular flexibility index (Phi) is 5.65. The van der Waals surface area contributed by atoms with E-state index in [-0.39, 0.29) is 12.3 Å². The molecule has 1 aromatic rings. The van der Waals surface area contributed by atoms with Crippen LogP contribution in [0.25, 0.3) is 0 Å². The maximum atomic E-state index is 11.0. The molecule has 0 aliphatic rings. The van der Waals surface area contributed by atoms with Gasteiger partial charge in [-0.15, -0.1) is 0 Å². The predicted molar refractivity (Wildman–Crippen MR) is 70.4 cm³/mol. The molecule has 0 heterocycles. The lowest BCUT2D eigenvalue weighted by molar-refractivity contribution is -0.142. The van der Waals surface area contributed by atoms with Crippen molar-refractivity contribution in [1.29, 1.82) is 0 Å². The Labute approximate surface area is 107 Å². The molecule has 0 saturated heterocycles. The SMILES string of the molecule is CCC(Cc1ccc(O)cc1)CC(CN)C(=O)O. The maximum Gasteiger partial charge on any atom is 0.307 e. The number of benzene rings is 1. The molecule has 0 saturated carbocycles. The van der Waals surface area contributed by atoms with Gasteiger partial charge in [0, 0.05) is 6.54 Å². The van der Waals surface area contributed by atoms with Crippen molar-refractivity contribution in [3.63, 3.8) is 0 Å². The van der Waals surface area contributed by atoms with E-state index in [9.17, 15) is 9.90 Å². The average molecular weight is 251 g/mol. The third-order valence-corrected chi connectivity index (χ3v) is 3.29. The Hall–Kier alpha value is -1.55. The topological polar surface area (TPSA) is 83.5 Å². The van der Waals surface area contributed by atoms with Gasteiger partial charge in [0.05, 0.1) is 5.92 Å². The van der Waals surface area contributed by atoms with Crippen LogP contribution in [0.3, 0.4) is 0 Å². The molecule has 1 rings (SSSR count). The van der Waals surface area contributed by atoms with E-state index in [0.717, 1.165) is 18.4 Å². The second-order valence-corrected chi connectivity index (χ2v) is 4.65. The molecular weight excluding hydrogens is 230 g/mol. The Morgan fingerprint density at radius 3 is 2.39 bits per heavy atom. The molecule has 100 valence electrons. The molecule has 0 spiro atoms. The van der Waals surface area contributed by atoms with Gasteiger partial charge >= 0.3 is 5.97 Å². The van der Waals surface area contributed by atoms with E-state index >= 15 is 0 Å². The molecule has 4 nitrogen and oxygen atoms in total. The number of carbonyl (C=O) groups is 1. The summed E-state index contributed by atoms with van der Waals surface area (Å²) in [4.78, 5) is 11.0. The highest BCUT2D eigenvalue weighted by atomic mass is 16.4. The zero-order chi connectivity index (χ0) is 13.5. The van der Waals surface area contributed by atoms with E-state index in [1.165, 1.54) is 0 Å². The summed E-state index contributed by atoms with van der Waals surface area (Å²) in [6.45, 7) is 2.24. The van der Waals surface area contributed by atoms with Crippen LogP contribution in [-0.2, 0) is 11.2 Å². The minimum Gasteiger partial charge on any atom is -0.508 e. The van der Waals surface area contributed by atoms with Crippen molar-refractivity contribution in [2.45, 2.75) is 26.2 Å². The van der Waals surface area contributed by atoms with Crippen LogP contribution >= 0.6 is 0 Å². The van der Waals surface area contributed by atoms with Gasteiger partial charge in [0.2, 0.25) is 0 Å². The molecule has 0 aliphatic heterocycles. The summed E-state index contributed by atoms with van der Waals surface area (Å²) in [5.41, 5.74) is 6.59. The highest BCUT2D eigenvalue weighted by Crippen LogP contribution is 2.21. The molecule has 4 heteroatoms. The molecule has 0 aliphatic carbocycles. The summed E-state index contributed by atoms with van der Waals surface area (Å²) in [7, 11) is 0. The Balaban J connectivity index is 2.61. The third kappa shape index (κ3) is 4.37. The van der Waals surface area contributed by atoms with Gasteiger partial charge in [0.15, 0.2) is 0 Å². The number of hydrogen-bond acceptors (Lipinski definition) is 3. The summed E-state index contributed by atoms with van der Waals surface area (Å²) in [5, 5.41) is 18.2. The van der Waals surface area contributed by atoms with E-state index in [4.69, 9.17) is 10.8 Å². The molecule has 0 radical (unpaired) electrons. The van der Waals surface area contributed by atoms with Gasteiger partial charge in [-0.25, -0.2) is 0 Å². The predicted octanol–water partition coefficient (Wildman–Crippen LogP) is 2.01. The van der Waals surface area contributed by atoms with Crippen LogP contribution in [0.4, 0.5) is 0 Å². The monoisotopic (exact) mass is 251 g/mol. The summed E-state index contributed by atoms with van der Waals surface area (Å²) >= 11 is 0. The van der Waals surface area contributed by atoms with Crippen LogP contribution in [-0.4, -0.2) is 22.7 Å². The van der Waals surface area contributed by atoms with Crippen LogP contribution in [0.15, 0.2) is 24.3 Å². The van der Waals surface area contributed by atoms with E-state index in [1.54, 1.807) is 12.1 Å². The molecular formula is C14H21NO3. The number of nitrogens with two attached hydrogens (primary N) is 1. The fourth-order valence-electron chi connectivity index (χ4n) is 2.06. The van der Waals surface area contributed by atoms with E-state index in [0.29, 0.717) is 12.3 Å². The van der Waals surface area contributed by atoms with Gasteiger partial charge in [-0.05, 0) is 36.5 Å². The van der Waals surface area contributed by atoms with Crippen molar-refractivity contribution in [3.8, 4) is 5.75 Å². The summed E-state index contributed by atoms with van der Waals surface area (Å²) in [6.07, 6.45) is 2.34. The number of carboxylic acids is 1. The fraction of sp³-hybridized carbons (Fsp3) is 0.500. The Morgan fingerprint density at radius 2 is 1.94 bits per heavy atom. The quantitative estimate of drug-likeness (QED) is 0.692. The van der Waals surface area contributed by atoms with Crippen molar-refractivity contribution in [1.82, 2.24) is 0 Å². The van der Waals surface area contributed by atoms with Crippen molar-refractivity contribution < 1.29 is 15.0 Å². The van der Waals surface area contributed by atoms with Crippen LogP contribution in [0, 0.1) is 11.8 Å². The lowest BCUT2D eigenvalue weighted by atomic mass is 9.87. The normalized spacial score (nSPS) is 14.1. The summed E-state index contributed by atoms with van der Waals surface area (Å²) in [5.74, 6) is -0.731. The number of aromatic hydroxyl groups is 1. The van der Waals surface area contributed by atoms with Crippen molar-refractivity contribution in [3.05, 3.63) is 29.8 Å². The summed E-state index contributed by atoms with van der Waals surface area (Å²) in [6, 6.07) is 7.05. The number of carboxylic acid groups (broad SMARTS) is 1. The van der Waals surface area contributed by atoms with Crippen LogP contribution < -0.4 is 5.73 Å². The van der Waals surface area contributed by atoms with Gasteiger partial charge < -0.3 is 15.9 Å². The van der Waals surface area contributed by atoms with Gasteiger partial charge in [-0.3, -0.25) is 4.79 Å². The van der Waals surface area contributed by atoms with E-state index in [1.807, 2.05) is 12.1 Å². The molecule has 0 aromatic heterocycles. The van der Waals surface area contributed by atoms with E-state index < -0.39 is 11.9 Å². The highest BCUT2D eigenvalue weighted by Gasteiger charge is 2.20. The minimum absolute atomic E-state index is 0.182. The number of phenolic OH excluding ortho intramolecular Hbond substituents is 1. The largest absolute Gasteiger partial charge is 0.508 e. The molecule has 0 bridgehead atoms. The van der Waals surface area contributed by atoms with Crippen LogP contribution in [0.5, 0.6) is 5.75 Å². The van der Waals surface area contributed by atoms with Crippen LogP contribution in [0.1, 0.15) is 25.3 Å². The number of hydrogen-bond donors (Lipinski definition) is 3. The zero-order valence-electron chi connectivity index (χ0n) is 10.7. The van der Waals surface area contributed by atoms with Crippen molar-refractivity contribution >= 4 is 5.97 Å². The van der Waals surface area contributed by atoms with Gasteiger partial charge in [-0.1, -0.05) is 25.5 Å². The van der Waals surface area contributed by atoms with Gasteiger partial charge in [-0.2, -0.15) is 0 Å². The lowest BCUT2D eigenvalue weighted by Gasteiger charge is -2.19. The van der Waals surface area contributed by atoms with Gasteiger partial charge in [0.25, 0.3) is 0 Å². The smallest absolute Gasteiger partial charge is 0.307 e. The molecule has 0 fully saturated rings. The summed E-state index contributed by atoms with van der Waals surface area (Å²) < 4.78 is 0. The molecule has 0 amide bonds. The first-order valence-electron chi connectivity index (χ1n) is 6.27. The molecule has 1 aromatic carbocycles. The maximum absolute atomic E-state index is 11.0. The molecule has 4 N–H and O–H groups in total. The number of phenols is 1. The zero-order valence-corrected chi connectivity index (χ0v) is 10.7. The van der Waals surface area contributed by atoms with Crippen molar-refractivity contribution in [2.24, 2.45) is 17.6 Å². The van der Waals surface area contributed by atoms with E-state index in [2.05, 4.69) is 6.92 Å². The molecule has 2 atom stereocenters. The Bertz CT molecular complexity index is 375. The standard InChI is InChI=1S/C14H21NO3/c1-2-10(8-12(9-15)14(17)18)7-11-3-5-13(16)6-4-11/h3-6,10,12,16H,2,7-9,15H2,1H3,(H,17,18). The molecule has 2 unspecified atom stereocenters.